The smallest absolute Gasteiger partial charge is 0.285 e. The lowest BCUT2D eigenvalue weighted by Crippen LogP contribution is -2.39. The second-order valence-corrected chi connectivity index (χ2v) is 5.37. The van der Waals surface area contributed by atoms with Gasteiger partial charge in [-0.05, 0) is 25.8 Å². The molecule has 1 atom stereocenters. The van der Waals surface area contributed by atoms with Crippen LogP contribution >= 0.6 is 11.6 Å². The topological polar surface area (TPSA) is 61.0 Å². The molecule has 1 saturated heterocycles. The van der Waals surface area contributed by atoms with Crippen molar-refractivity contribution in [1.29, 1.82) is 0 Å². The second-order valence-electron chi connectivity index (χ2n) is 4.99. The van der Waals surface area contributed by atoms with Crippen LogP contribution < -0.4 is 15.8 Å². The Bertz CT molecular complexity index is 456. The van der Waals surface area contributed by atoms with Crippen molar-refractivity contribution >= 4 is 17.3 Å². The van der Waals surface area contributed by atoms with E-state index < -0.39 is 0 Å². The van der Waals surface area contributed by atoms with Gasteiger partial charge < -0.3 is 10.2 Å². The molecular weight excluding hydrogens is 264 g/mol. The summed E-state index contributed by atoms with van der Waals surface area (Å²) in [6.07, 6.45) is 6.23. The number of nitrogens with one attached hydrogen (secondary N) is 2. The summed E-state index contributed by atoms with van der Waals surface area (Å²) in [5, 5.41) is 9.95. The summed E-state index contributed by atoms with van der Waals surface area (Å²) >= 11 is 6.11. The normalized spacial score (nSPS) is 18.7. The van der Waals surface area contributed by atoms with Gasteiger partial charge in [0, 0.05) is 19.1 Å². The van der Waals surface area contributed by atoms with E-state index in [2.05, 4.69) is 27.3 Å². The van der Waals surface area contributed by atoms with E-state index in [1.807, 2.05) is 0 Å². The van der Waals surface area contributed by atoms with Crippen molar-refractivity contribution in [3.63, 3.8) is 0 Å². The van der Waals surface area contributed by atoms with E-state index in [0.29, 0.717) is 6.04 Å². The molecule has 1 unspecified atom stereocenters. The molecule has 5 nitrogen and oxygen atoms in total. The highest BCUT2D eigenvalue weighted by Gasteiger charge is 2.20. The van der Waals surface area contributed by atoms with E-state index in [9.17, 15) is 4.79 Å². The third-order valence-corrected chi connectivity index (χ3v) is 3.87. The van der Waals surface area contributed by atoms with Crippen LogP contribution in [0.25, 0.3) is 0 Å². The molecule has 0 aromatic carbocycles. The van der Waals surface area contributed by atoms with Gasteiger partial charge >= 0.3 is 0 Å². The number of H-pyrrole nitrogens is 1. The van der Waals surface area contributed by atoms with Crippen molar-refractivity contribution < 1.29 is 0 Å². The zero-order valence-electron chi connectivity index (χ0n) is 11.3. The molecule has 1 aliphatic heterocycles. The predicted octanol–water partition coefficient (Wildman–Crippen LogP) is 1.78. The zero-order valence-corrected chi connectivity index (χ0v) is 12.0. The third-order valence-electron chi connectivity index (χ3n) is 3.50. The van der Waals surface area contributed by atoms with Crippen molar-refractivity contribution in [3.8, 4) is 0 Å². The summed E-state index contributed by atoms with van der Waals surface area (Å²) in [5.74, 6) is 0. The maximum Gasteiger partial charge on any atom is 0.285 e. The summed E-state index contributed by atoms with van der Waals surface area (Å²) in [5.41, 5.74) is 0.424. The van der Waals surface area contributed by atoms with E-state index >= 15 is 0 Å². The monoisotopic (exact) mass is 284 g/mol. The second kappa shape index (κ2) is 6.91. The van der Waals surface area contributed by atoms with Crippen molar-refractivity contribution in [2.45, 2.75) is 38.6 Å². The van der Waals surface area contributed by atoms with Crippen LogP contribution in [-0.2, 0) is 0 Å². The molecule has 1 fully saturated rings. The SMILES string of the molecule is CCCCN(CC1CCCN1)c1cn[nH]c(=O)c1Cl. The maximum absolute atomic E-state index is 11.6. The average molecular weight is 285 g/mol. The fraction of sp³-hybridized carbons (Fsp3) is 0.692. The van der Waals surface area contributed by atoms with Crippen LogP contribution in [0.5, 0.6) is 0 Å². The molecule has 1 aromatic heterocycles. The molecular formula is C13H21ClN4O. The van der Waals surface area contributed by atoms with Crippen molar-refractivity contribution in [2.24, 2.45) is 0 Å². The van der Waals surface area contributed by atoms with Crippen molar-refractivity contribution in [2.75, 3.05) is 24.5 Å². The first kappa shape index (κ1) is 14.3. The van der Waals surface area contributed by atoms with Gasteiger partial charge in [-0.2, -0.15) is 5.10 Å². The highest BCUT2D eigenvalue weighted by molar-refractivity contribution is 6.32. The molecule has 0 amide bonds. The van der Waals surface area contributed by atoms with Gasteiger partial charge in [0.15, 0.2) is 0 Å². The highest BCUT2D eigenvalue weighted by Crippen LogP contribution is 2.22. The van der Waals surface area contributed by atoms with Gasteiger partial charge in [-0.25, -0.2) is 5.10 Å². The first-order valence-electron chi connectivity index (χ1n) is 6.94. The molecule has 6 heteroatoms. The van der Waals surface area contributed by atoms with Crippen LogP contribution in [0.4, 0.5) is 5.69 Å². The van der Waals surface area contributed by atoms with E-state index in [1.165, 1.54) is 12.8 Å². The van der Waals surface area contributed by atoms with Crippen LogP contribution in [-0.4, -0.2) is 35.9 Å². The lowest BCUT2D eigenvalue weighted by atomic mass is 10.2. The van der Waals surface area contributed by atoms with Gasteiger partial charge in [0.05, 0.1) is 11.9 Å². The largest absolute Gasteiger partial charge is 0.367 e. The van der Waals surface area contributed by atoms with E-state index in [4.69, 9.17) is 11.6 Å². The van der Waals surface area contributed by atoms with Crippen LogP contribution in [0.3, 0.4) is 0 Å². The number of halogens is 1. The minimum Gasteiger partial charge on any atom is -0.367 e. The minimum atomic E-state index is -0.319. The highest BCUT2D eigenvalue weighted by atomic mass is 35.5. The summed E-state index contributed by atoms with van der Waals surface area (Å²) < 4.78 is 0. The Morgan fingerprint density at radius 1 is 1.58 bits per heavy atom. The molecule has 19 heavy (non-hydrogen) atoms. The Hall–Kier alpha value is -1.07. The molecule has 106 valence electrons. The quantitative estimate of drug-likeness (QED) is 0.836. The van der Waals surface area contributed by atoms with Crippen LogP contribution in [0.2, 0.25) is 5.02 Å². The first-order valence-corrected chi connectivity index (χ1v) is 7.31. The number of aromatic nitrogens is 2. The lowest BCUT2D eigenvalue weighted by molar-refractivity contribution is 0.571. The Morgan fingerprint density at radius 3 is 3.11 bits per heavy atom. The fourth-order valence-electron chi connectivity index (χ4n) is 2.43. The lowest BCUT2D eigenvalue weighted by Gasteiger charge is -2.27. The number of nitrogens with zero attached hydrogens (tertiary/aromatic N) is 2. The Kier molecular flexibility index (Phi) is 5.22. The Balaban J connectivity index is 2.15. The Morgan fingerprint density at radius 2 is 2.42 bits per heavy atom. The molecule has 0 aliphatic carbocycles. The minimum absolute atomic E-state index is 0.240. The number of unbranched alkanes of at least 4 members (excludes halogenated alkanes) is 1. The predicted molar refractivity (Wildman–Crippen MR) is 78.0 cm³/mol. The fourth-order valence-corrected chi connectivity index (χ4v) is 2.64. The van der Waals surface area contributed by atoms with E-state index in [0.717, 1.165) is 38.2 Å². The summed E-state index contributed by atoms with van der Waals surface area (Å²) in [6, 6.07) is 0.479. The van der Waals surface area contributed by atoms with Crippen LogP contribution in [0.1, 0.15) is 32.6 Å². The summed E-state index contributed by atoms with van der Waals surface area (Å²) in [7, 11) is 0. The Labute approximate surface area is 118 Å². The number of hydrogen-bond donors (Lipinski definition) is 2. The molecule has 2 N–H and O–H groups in total. The van der Waals surface area contributed by atoms with E-state index in [-0.39, 0.29) is 10.6 Å². The first-order chi connectivity index (χ1) is 9.22. The number of anilines is 1. The summed E-state index contributed by atoms with van der Waals surface area (Å²) in [6.45, 7) is 5.02. The van der Waals surface area contributed by atoms with Crippen molar-refractivity contribution in [1.82, 2.24) is 15.5 Å². The van der Waals surface area contributed by atoms with Gasteiger partial charge in [-0.15, -0.1) is 0 Å². The maximum atomic E-state index is 11.6. The molecule has 1 aliphatic rings. The molecule has 0 radical (unpaired) electrons. The number of rotatable bonds is 6. The van der Waals surface area contributed by atoms with Gasteiger partial charge in [0.1, 0.15) is 5.02 Å². The molecule has 2 rings (SSSR count). The molecule has 0 spiro atoms. The van der Waals surface area contributed by atoms with Gasteiger partial charge in [0.2, 0.25) is 0 Å². The van der Waals surface area contributed by atoms with Gasteiger partial charge in [-0.1, -0.05) is 24.9 Å². The van der Waals surface area contributed by atoms with Crippen molar-refractivity contribution in [3.05, 3.63) is 21.6 Å². The van der Waals surface area contributed by atoms with Gasteiger partial charge in [0.25, 0.3) is 5.56 Å². The molecule has 2 heterocycles. The standard InChI is InChI=1S/C13H21ClN4O/c1-2-3-7-18(9-10-5-4-6-15-10)11-8-16-17-13(19)12(11)14/h8,10,15H,2-7,9H2,1H3,(H,17,19). The zero-order chi connectivity index (χ0) is 13.7. The third kappa shape index (κ3) is 3.70. The van der Waals surface area contributed by atoms with Crippen LogP contribution in [0.15, 0.2) is 11.0 Å². The molecule has 0 saturated carbocycles. The summed E-state index contributed by atoms with van der Waals surface area (Å²) in [4.78, 5) is 13.7. The average Bonchev–Trinajstić information content (AvgIpc) is 2.91. The van der Waals surface area contributed by atoms with Gasteiger partial charge in [-0.3, -0.25) is 4.79 Å². The molecule has 1 aromatic rings. The number of aromatic amines is 1. The van der Waals surface area contributed by atoms with E-state index in [1.54, 1.807) is 6.20 Å². The van der Waals surface area contributed by atoms with Crippen LogP contribution in [0, 0.1) is 0 Å². The molecule has 0 bridgehead atoms. The number of hydrogen-bond acceptors (Lipinski definition) is 4.